The monoisotopic (exact) mass is 422 g/mol. The molecule has 0 fully saturated rings. The fourth-order valence-electron chi connectivity index (χ4n) is 2.44. The van der Waals surface area contributed by atoms with Gasteiger partial charge in [0.15, 0.2) is 18.1 Å². The second-order valence-electron chi connectivity index (χ2n) is 5.94. The number of benzene rings is 2. The summed E-state index contributed by atoms with van der Waals surface area (Å²) in [5, 5.41) is 0.0786. The van der Waals surface area contributed by atoms with Gasteiger partial charge in [0.25, 0.3) is 11.8 Å². The van der Waals surface area contributed by atoms with Gasteiger partial charge in [-0.25, -0.2) is 4.39 Å². The highest BCUT2D eigenvalue weighted by atomic mass is 35.5. The Hall–Kier alpha value is -3.33. The molecule has 2 aromatic rings. The first-order valence-electron chi connectivity index (χ1n) is 8.49. The van der Waals surface area contributed by atoms with Crippen molar-refractivity contribution in [2.45, 2.75) is 12.5 Å². The molecule has 1 aliphatic rings. The molecule has 1 aliphatic heterocycles. The number of ether oxygens (including phenoxy) is 3. The number of fused-ring (bicyclic) bond motifs is 1. The lowest BCUT2D eigenvalue weighted by Crippen LogP contribution is -2.51. The van der Waals surface area contributed by atoms with Gasteiger partial charge in [-0.05, 0) is 24.3 Å². The highest BCUT2D eigenvalue weighted by Crippen LogP contribution is 2.30. The van der Waals surface area contributed by atoms with Gasteiger partial charge in [0.1, 0.15) is 12.4 Å². The topological polar surface area (TPSA) is 103 Å². The molecule has 0 aromatic heterocycles. The zero-order valence-electron chi connectivity index (χ0n) is 14.9. The fourth-order valence-corrected chi connectivity index (χ4v) is 2.67. The number of esters is 1. The predicted molar refractivity (Wildman–Crippen MR) is 98.7 cm³/mol. The molecule has 0 bridgehead atoms. The minimum absolute atomic E-state index is 0.0254. The van der Waals surface area contributed by atoms with Crippen molar-refractivity contribution >= 4 is 29.4 Å². The van der Waals surface area contributed by atoms with E-state index in [0.717, 1.165) is 6.07 Å². The number of nitrogens with one attached hydrogen (secondary N) is 2. The summed E-state index contributed by atoms with van der Waals surface area (Å²) >= 11 is 5.83. The van der Waals surface area contributed by atoms with Gasteiger partial charge in [0.2, 0.25) is 6.10 Å². The third-order valence-corrected chi connectivity index (χ3v) is 4.23. The Kier molecular flexibility index (Phi) is 6.50. The SMILES string of the molecule is O=C(COC(=O)Cc1c(F)cccc1Cl)NNC(=O)C1COc2ccccc2O1. The maximum Gasteiger partial charge on any atom is 0.310 e. The minimum atomic E-state index is -0.962. The molecule has 1 atom stereocenters. The lowest BCUT2D eigenvalue weighted by Gasteiger charge is -2.25. The van der Waals surface area contributed by atoms with Crippen molar-refractivity contribution in [3.05, 3.63) is 58.9 Å². The Morgan fingerprint density at radius 1 is 1.10 bits per heavy atom. The first-order chi connectivity index (χ1) is 13.9. The largest absolute Gasteiger partial charge is 0.485 e. The van der Waals surface area contributed by atoms with E-state index in [9.17, 15) is 18.8 Å². The first kappa shape index (κ1) is 20.4. The third kappa shape index (κ3) is 5.35. The molecular formula is C19H16ClFN2O6. The third-order valence-electron chi connectivity index (χ3n) is 3.87. The average Bonchev–Trinajstić information content (AvgIpc) is 2.72. The van der Waals surface area contributed by atoms with E-state index in [1.54, 1.807) is 24.3 Å². The van der Waals surface area contributed by atoms with Gasteiger partial charge in [-0.3, -0.25) is 25.2 Å². The number of hydrogen-bond donors (Lipinski definition) is 2. The lowest BCUT2D eigenvalue weighted by molar-refractivity contribution is -0.148. The summed E-state index contributed by atoms with van der Waals surface area (Å²) in [5.74, 6) is -2.00. The first-order valence-corrected chi connectivity index (χ1v) is 8.87. The van der Waals surface area contributed by atoms with E-state index in [1.807, 2.05) is 0 Å². The molecule has 10 heteroatoms. The van der Waals surface area contributed by atoms with Gasteiger partial charge in [0, 0.05) is 10.6 Å². The molecule has 3 rings (SSSR count). The number of hydrazine groups is 1. The van der Waals surface area contributed by atoms with E-state index in [-0.39, 0.29) is 17.2 Å². The Balaban J connectivity index is 1.41. The van der Waals surface area contributed by atoms with Crippen LogP contribution in [0.1, 0.15) is 5.56 Å². The average molecular weight is 423 g/mol. The second kappa shape index (κ2) is 9.24. The fraction of sp³-hybridized carbons (Fsp3) is 0.211. The Labute approximate surface area is 169 Å². The van der Waals surface area contributed by atoms with Crippen LogP contribution < -0.4 is 20.3 Å². The van der Waals surface area contributed by atoms with Crippen LogP contribution in [0, 0.1) is 5.82 Å². The molecule has 2 amide bonds. The maximum atomic E-state index is 13.6. The van der Waals surface area contributed by atoms with Crippen LogP contribution in [-0.2, 0) is 25.5 Å². The molecule has 152 valence electrons. The summed E-state index contributed by atoms with van der Waals surface area (Å²) in [4.78, 5) is 35.6. The molecule has 1 unspecified atom stereocenters. The van der Waals surface area contributed by atoms with Crippen LogP contribution in [0.4, 0.5) is 4.39 Å². The predicted octanol–water partition coefficient (Wildman–Crippen LogP) is 1.55. The van der Waals surface area contributed by atoms with E-state index < -0.39 is 42.7 Å². The number of carbonyl (C=O) groups excluding carboxylic acids is 3. The zero-order chi connectivity index (χ0) is 20.8. The Morgan fingerprint density at radius 3 is 2.62 bits per heavy atom. The van der Waals surface area contributed by atoms with Gasteiger partial charge in [-0.1, -0.05) is 29.8 Å². The molecule has 0 radical (unpaired) electrons. The summed E-state index contributed by atoms with van der Waals surface area (Å²) < 4.78 is 29.3. The lowest BCUT2D eigenvalue weighted by atomic mass is 10.1. The van der Waals surface area contributed by atoms with E-state index in [2.05, 4.69) is 10.9 Å². The van der Waals surface area contributed by atoms with Crippen LogP contribution in [0.5, 0.6) is 11.5 Å². The van der Waals surface area contributed by atoms with Crippen LogP contribution in [0.25, 0.3) is 0 Å². The summed E-state index contributed by atoms with van der Waals surface area (Å²) in [6, 6.07) is 10.8. The number of rotatable bonds is 5. The smallest absolute Gasteiger partial charge is 0.310 e. The van der Waals surface area contributed by atoms with E-state index in [0.29, 0.717) is 11.5 Å². The van der Waals surface area contributed by atoms with E-state index in [1.165, 1.54) is 12.1 Å². The zero-order valence-corrected chi connectivity index (χ0v) is 15.7. The van der Waals surface area contributed by atoms with Gasteiger partial charge in [0.05, 0.1) is 6.42 Å². The molecule has 0 saturated carbocycles. The highest BCUT2D eigenvalue weighted by Gasteiger charge is 2.27. The number of carbonyl (C=O) groups is 3. The molecule has 1 heterocycles. The van der Waals surface area contributed by atoms with Crippen molar-refractivity contribution in [2.24, 2.45) is 0 Å². The molecule has 0 saturated heterocycles. The van der Waals surface area contributed by atoms with Crippen molar-refractivity contribution < 1.29 is 33.0 Å². The number of hydrogen-bond acceptors (Lipinski definition) is 6. The van der Waals surface area contributed by atoms with Crippen LogP contribution in [0.2, 0.25) is 5.02 Å². The van der Waals surface area contributed by atoms with Crippen molar-refractivity contribution in [1.29, 1.82) is 0 Å². The summed E-state index contributed by atoms with van der Waals surface area (Å²) in [6.07, 6.45) is -1.39. The van der Waals surface area contributed by atoms with Gasteiger partial charge in [-0.15, -0.1) is 0 Å². The Morgan fingerprint density at radius 2 is 1.86 bits per heavy atom. The van der Waals surface area contributed by atoms with Crippen LogP contribution >= 0.6 is 11.6 Å². The molecule has 29 heavy (non-hydrogen) atoms. The summed E-state index contributed by atoms with van der Waals surface area (Å²) in [6.45, 7) is -0.701. The van der Waals surface area contributed by atoms with Crippen molar-refractivity contribution in [1.82, 2.24) is 10.9 Å². The van der Waals surface area contributed by atoms with E-state index >= 15 is 0 Å². The van der Waals surface area contributed by atoms with Crippen LogP contribution in [0.15, 0.2) is 42.5 Å². The molecule has 0 aliphatic carbocycles. The number of amides is 2. The second-order valence-corrected chi connectivity index (χ2v) is 6.35. The molecule has 2 N–H and O–H groups in total. The normalized spacial score (nSPS) is 14.6. The van der Waals surface area contributed by atoms with Crippen molar-refractivity contribution in [3.63, 3.8) is 0 Å². The summed E-state index contributed by atoms with van der Waals surface area (Å²) in [5.41, 5.74) is 4.23. The molecular weight excluding hydrogens is 407 g/mol. The molecule has 0 spiro atoms. The van der Waals surface area contributed by atoms with Crippen molar-refractivity contribution in [3.8, 4) is 11.5 Å². The van der Waals surface area contributed by atoms with E-state index in [4.69, 9.17) is 25.8 Å². The number of halogens is 2. The van der Waals surface area contributed by atoms with Crippen molar-refractivity contribution in [2.75, 3.05) is 13.2 Å². The Bertz CT molecular complexity index is 918. The van der Waals surface area contributed by atoms with Gasteiger partial charge in [-0.2, -0.15) is 0 Å². The van der Waals surface area contributed by atoms with Crippen LogP contribution in [0.3, 0.4) is 0 Å². The minimum Gasteiger partial charge on any atom is -0.485 e. The molecule has 2 aromatic carbocycles. The highest BCUT2D eigenvalue weighted by molar-refractivity contribution is 6.31. The number of para-hydroxylation sites is 2. The van der Waals surface area contributed by atoms with Gasteiger partial charge < -0.3 is 14.2 Å². The standard InChI is InChI=1S/C19H16ClFN2O6/c20-12-4-3-5-13(21)11(12)8-18(25)28-10-17(24)22-23-19(26)16-9-27-14-6-1-2-7-15(14)29-16/h1-7,16H,8-10H2,(H,22,24)(H,23,26). The van der Waals surface area contributed by atoms with Crippen LogP contribution in [-0.4, -0.2) is 37.1 Å². The quantitative estimate of drug-likeness (QED) is 0.560. The van der Waals surface area contributed by atoms with Gasteiger partial charge >= 0.3 is 5.97 Å². The molecule has 8 nitrogen and oxygen atoms in total. The summed E-state index contributed by atoms with van der Waals surface area (Å²) in [7, 11) is 0. The maximum absolute atomic E-state index is 13.6.